The second-order valence-electron chi connectivity index (χ2n) is 8.59. The molecule has 0 saturated heterocycles. The van der Waals surface area contributed by atoms with Crippen molar-refractivity contribution >= 4 is 17.1 Å². The number of nitrogens with zero attached hydrogens (tertiary/aromatic N) is 3. The van der Waals surface area contributed by atoms with E-state index in [1.807, 2.05) is 0 Å². The van der Waals surface area contributed by atoms with Crippen LogP contribution < -0.4 is 17.0 Å². The lowest BCUT2D eigenvalue weighted by atomic mass is 9.99. The van der Waals surface area contributed by atoms with Crippen molar-refractivity contribution in [2.75, 3.05) is 0 Å². The fourth-order valence-corrected chi connectivity index (χ4v) is 4.81. The third-order valence-electron chi connectivity index (χ3n) is 6.44. The number of benzene rings is 2. The summed E-state index contributed by atoms with van der Waals surface area (Å²) in [6.07, 6.45) is -4.36. The summed E-state index contributed by atoms with van der Waals surface area (Å²) in [4.78, 5) is 50.4. The van der Waals surface area contributed by atoms with E-state index in [2.05, 4.69) is 0 Å². The van der Waals surface area contributed by atoms with Crippen LogP contribution in [-0.2, 0) is 19.9 Å². The van der Waals surface area contributed by atoms with Crippen LogP contribution in [0, 0.1) is 0 Å². The summed E-state index contributed by atoms with van der Waals surface area (Å²) in [7, 11) is 1.49. The summed E-state index contributed by atoms with van der Waals surface area (Å²) >= 11 is 0. The van der Waals surface area contributed by atoms with Crippen LogP contribution in [0.5, 0.6) is 0 Å². The summed E-state index contributed by atoms with van der Waals surface area (Å²) < 4.78 is 47.4. The predicted molar refractivity (Wildman–Crippen MR) is 121 cm³/mol. The minimum atomic E-state index is -4.44. The van der Waals surface area contributed by atoms with E-state index >= 15 is 0 Å². The molecule has 1 N–H and O–H groups in total. The number of aromatic carboxylic acids is 1. The van der Waals surface area contributed by atoms with E-state index in [4.69, 9.17) is 4.42 Å². The minimum absolute atomic E-state index is 0.0508. The maximum absolute atomic E-state index is 13.5. The lowest BCUT2D eigenvalue weighted by Gasteiger charge is -2.18. The van der Waals surface area contributed by atoms with Gasteiger partial charge in [0.15, 0.2) is 5.58 Å². The van der Waals surface area contributed by atoms with Crippen molar-refractivity contribution in [1.29, 1.82) is 0 Å². The van der Waals surface area contributed by atoms with E-state index in [1.54, 1.807) is 6.07 Å². The molecule has 0 aliphatic heterocycles. The topological polar surface area (TPSA) is 116 Å². The SMILES string of the molecule is Cn1c(=O)oc2cc(-n3cc(C(=O)O)c(=O)n([C@@H]4CCc5c(CC(F)(F)F)cccc54)c3=O)ccc21. The first kappa shape index (κ1) is 23.4. The lowest BCUT2D eigenvalue weighted by molar-refractivity contribution is -0.127. The van der Waals surface area contributed by atoms with Gasteiger partial charge in [0.1, 0.15) is 5.56 Å². The standard InChI is InChI=1S/C24H18F3N3O6/c1-28-18-7-5-13(9-19(18)36-23(28)35)29-11-16(21(32)33)20(31)30(22(29)34)17-8-6-14-12(10-24(25,26)27)3-2-4-15(14)17/h2-5,7,9,11,17H,6,8,10H2,1H3,(H,32,33)/t17-/m1/s1. The summed E-state index contributed by atoms with van der Waals surface area (Å²) in [5.41, 5.74) is -1.09. The van der Waals surface area contributed by atoms with Crippen LogP contribution in [0.2, 0.25) is 0 Å². The van der Waals surface area contributed by atoms with Crippen molar-refractivity contribution in [1.82, 2.24) is 13.7 Å². The number of aryl methyl sites for hydroxylation is 1. The zero-order valence-corrected chi connectivity index (χ0v) is 18.7. The Balaban J connectivity index is 1.72. The van der Waals surface area contributed by atoms with Gasteiger partial charge in [-0.3, -0.25) is 18.5 Å². The van der Waals surface area contributed by atoms with Gasteiger partial charge in [0.25, 0.3) is 5.56 Å². The number of rotatable bonds is 4. The highest BCUT2D eigenvalue weighted by molar-refractivity contribution is 5.87. The summed E-state index contributed by atoms with van der Waals surface area (Å²) in [5, 5.41) is 9.66. The molecule has 0 spiro atoms. The number of alkyl halides is 3. The van der Waals surface area contributed by atoms with Gasteiger partial charge in [0, 0.05) is 19.3 Å². The first-order chi connectivity index (χ1) is 17.0. The average molecular weight is 501 g/mol. The van der Waals surface area contributed by atoms with E-state index in [-0.39, 0.29) is 29.7 Å². The molecular formula is C24H18F3N3O6. The number of carboxylic acid groups (broad SMARTS) is 1. The summed E-state index contributed by atoms with van der Waals surface area (Å²) in [5.74, 6) is -2.21. The largest absolute Gasteiger partial charge is 0.477 e. The quantitative estimate of drug-likeness (QED) is 0.460. The van der Waals surface area contributed by atoms with Crippen LogP contribution in [0.3, 0.4) is 0 Å². The van der Waals surface area contributed by atoms with Crippen molar-refractivity contribution in [3.05, 3.63) is 96.2 Å². The zero-order chi connectivity index (χ0) is 25.9. The van der Waals surface area contributed by atoms with Crippen molar-refractivity contribution < 1.29 is 27.5 Å². The van der Waals surface area contributed by atoms with Gasteiger partial charge in [0.05, 0.1) is 23.7 Å². The van der Waals surface area contributed by atoms with Gasteiger partial charge in [-0.05, 0) is 41.7 Å². The first-order valence-electron chi connectivity index (χ1n) is 10.8. The molecule has 0 fully saturated rings. The summed E-state index contributed by atoms with van der Waals surface area (Å²) in [6.45, 7) is 0. The molecule has 5 rings (SSSR count). The van der Waals surface area contributed by atoms with Gasteiger partial charge < -0.3 is 9.52 Å². The summed E-state index contributed by atoms with van der Waals surface area (Å²) in [6, 6.07) is 7.71. The van der Waals surface area contributed by atoms with Gasteiger partial charge in [-0.2, -0.15) is 13.2 Å². The van der Waals surface area contributed by atoms with Gasteiger partial charge in [-0.1, -0.05) is 18.2 Å². The average Bonchev–Trinajstić information content (AvgIpc) is 3.34. The molecule has 0 radical (unpaired) electrons. The molecule has 186 valence electrons. The van der Waals surface area contributed by atoms with Crippen molar-refractivity contribution in [3.8, 4) is 5.69 Å². The molecule has 1 aliphatic rings. The molecule has 2 aromatic heterocycles. The number of fused-ring (bicyclic) bond motifs is 2. The Morgan fingerprint density at radius 2 is 1.92 bits per heavy atom. The second-order valence-corrected chi connectivity index (χ2v) is 8.59. The van der Waals surface area contributed by atoms with Gasteiger partial charge in [0.2, 0.25) is 0 Å². The highest BCUT2D eigenvalue weighted by Gasteiger charge is 2.34. The number of hydrogen-bond donors (Lipinski definition) is 1. The maximum Gasteiger partial charge on any atom is 0.419 e. The molecule has 0 unspecified atom stereocenters. The molecule has 1 atom stereocenters. The second kappa shape index (κ2) is 8.11. The van der Waals surface area contributed by atoms with Crippen molar-refractivity contribution in [2.24, 2.45) is 7.05 Å². The third-order valence-corrected chi connectivity index (χ3v) is 6.44. The molecule has 0 amide bonds. The normalized spacial score (nSPS) is 15.4. The highest BCUT2D eigenvalue weighted by atomic mass is 19.4. The number of halogens is 3. The number of carbonyl (C=O) groups is 1. The van der Waals surface area contributed by atoms with Crippen LogP contribution in [0.4, 0.5) is 13.2 Å². The Bertz CT molecular complexity index is 1720. The molecule has 0 bridgehead atoms. The van der Waals surface area contributed by atoms with E-state index in [0.29, 0.717) is 16.6 Å². The van der Waals surface area contributed by atoms with Crippen molar-refractivity contribution in [3.63, 3.8) is 0 Å². The Kier molecular flexibility index (Phi) is 5.27. The fraction of sp³-hybridized carbons (Fsp3) is 0.250. The number of aromatic nitrogens is 3. The third kappa shape index (κ3) is 3.74. The Morgan fingerprint density at radius 1 is 1.17 bits per heavy atom. The van der Waals surface area contributed by atoms with Crippen LogP contribution in [0.15, 0.2) is 61.4 Å². The van der Waals surface area contributed by atoms with Crippen LogP contribution in [0.1, 0.15) is 39.5 Å². The molecule has 2 heterocycles. The number of hydrogen-bond acceptors (Lipinski definition) is 5. The molecule has 12 heteroatoms. The van der Waals surface area contributed by atoms with Crippen LogP contribution in [-0.4, -0.2) is 31.0 Å². The van der Waals surface area contributed by atoms with Gasteiger partial charge in [-0.25, -0.2) is 14.4 Å². The monoisotopic (exact) mass is 501 g/mol. The molecule has 1 aliphatic carbocycles. The van der Waals surface area contributed by atoms with Crippen LogP contribution >= 0.6 is 0 Å². The van der Waals surface area contributed by atoms with Gasteiger partial charge >= 0.3 is 23.6 Å². The first-order valence-corrected chi connectivity index (χ1v) is 10.8. The molecular weight excluding hydrogens is 483 g/mol. The smallest absolute Gasteiger partial charge is 0.419 e. The van der Waals surface area contributed by atoms with Crippen molar-refractivity contribution in [2.45, 2.75) is 31.5 Å². The molecule has 9 nitrogen and oxygen atoms in total. The highest BCUT2D eigenvalue weighted by Crippen LogP contribution is 2.37. The van der Waals surface area contributed by atoms with Crippen LogP contribution in [0.25, 0.3) is 16.8 Å². The Morgan fingerprint density at radius 3 is 2.61 bits per heavy atom. The fourth-order valence-electron chi connectivity index (χ4n) is 4.81. The molecule has 2 aromatic carbocycles. The molecule has 0 saturated carbocycles. The predicted octanol–water partition coefficient (Wildman–Crippen LogP) is 2.78. The molecule has 36 heavy (non-hydrogen) atoms. The lowest BCUT2D eigenvalue weighted by Crippen LogP contribution is -2.43. The van der Waals surface area contributed by atoms with E-state index in [1.165, 1.54) is 41.9 Å². The van der Waals surface area contributed by atoms with E-state index in [0.717, 1.165) is 15.3 Å². The number of carboxylic acids is 1. The maximum atomic E-state index is 13.5. The molecule has 4 aromatic rings. The van der Waals surface area contributed by atoms with E-state index < -0.39 is 47.2 Å². The Labute approximate surface area is 199 Å². The van der Waals surface area contributed by atoms with E-state index in [9.17, 15) is 37.5 Å². The van der Waals surface area contributed by atoms with Gasteiger partial charge in [-0.15, -0.1) is 0 Å². The minimum Gasteiger partial charge on any atom is -0.477 e. The number of oxazole rings is 1. The zero-order valence-electron chi connectivity index (χ0n) is 18.7. The Hall–Kier alpha value is -4.35.